The molecule has 6 heterocycles. The van der Waals surface area contributed by atoms with Gasteiger partial charge in [-0.2, -0.15) is 0 Å². The van der Waals surface area contributed by atoms with E-state index < -0.39 is 24.3 Å². The van der Waals surface area contributed by atoms with E-state index in [9.17, 15) is 19.2 Å². The van der Waals surface area contributed by atoms with Crippen LogP contribution >= 0.6 is 0 Å². The van der Waals surface area contributed by atoms with Gasteiger partial charge in [-0.15, -0.1) is 0 Å². The van der Waals surface area contributed by atoms with Crippen molar-refractivity contribution in [3.05, 3.63) is 83.2 Å². The van der Waals surface area contributed by atoms with Crippen molar-refractivity contribution in [2.24, 2.45) is 11.8 Å². The minimum Gasteiger partial charge on any atom is -0.453 e. The van der Waals surface area contributed by atoms with Crippen molar-refractivity contribution >= 4 is 51.8 Å². The topological polar surface area (TPSA) is 191 Å². The molecule has 1 unspecified atom stereocenters. The van der Waals surface area contributed by atoms with Crippen LogP contribution in [0.25, 0.3) is 22.1 Å². The van der Waals surface area contributed by atoms with Crippen LogP contribution in [-0.2, 0) is 24.5 Å². The van der Waals surface area contributed by atoms with E-state index >= 15 is 0 Å². The number of aromatic amines is 2. The number of methoxy groups -OCH3 is 2. The normalized spacial score (nSPS) is 21.1. The van der Waals surface area contributed by atoms with Crippen molar-refractivity contribution in [1.29, 1.82) is 0 Å². The molecule has 346 valence electrons. The first-order valence-electron chi connectivity index (χ1n) is 23.1. The number of pyridine rings is 1. The van der Waals surface area contributed by atoms with Crippen LogP contribution in [0.1, 0.15) is 140 Å². The summed E-state index contributed by atoms with van der Waals surface area (Å²) in [7, 11) is 2.60. The fraction of sp³-hybridized carbons (Fsp3) is 0.531. The highest BCUT2D eigenvalue weighted by Crippen LogP contribution is 2.48. The third-order valence-electron chi connectivity index (χ3n) is 13.5. The lowest BCUT2D eigenvalue weighted by molar-refractivity contribution is -0.136. The van der Waals surface area contributed by atoms with E-state index in [0.717, 1.165) is 94.7 Å². The number of amides is 4. The molecule has 0 radical (unpaired) electrons. The number of benzene rings is 2. The molecule has 16 heteroatoms. The predicted molar refractivity (Wildman–Crippen MR) is 248 cm³/mol. The largest absolute Gasteiger partial charge is 0.453 e. The van der Waals surface area contributed by atoms with Gasteiger partial charge in [0.25, 0.3) is 0 Å². The van der Waals surface area contributed by atoms with Gasteiger partial charge in [-0.25, -0.2) is 19.6 Å². The Morgan fingerprint density at radius 1 is 0.662 bits per heavy atom. The number of hydrogen-bond acceptors (Lipinski definition) is 10. The average Bonchev–Trinajstić information content (AvgIpc) is 4.14. The minimum absolute atomic E-state index is 0.0257. The second-order valence-corrected chi connectivity index (χ2v) is 19.6. The number of rotatable bonds is 11. The first kappa shape index (κ1) is 45.4. The van der Waals surface area contributed by atoms with E-state index in [2.05, 4.69) is 94.8 Å². The molecule has 0 aliphatic carbocycles. The predicted octanol–water partition coefficient (Wildman–Crippen LogP) is 8.30. The standard InChI is InChI=1S/C49H64N10O6/c1-27(2)41(55-47(62)64-8)45(60)57-22-10-12-38(57)43-51-32-17-14-29(24-34(32)53-43)36-19-20-37(59(36)31-16-21-40(50-26-31)49(5,6)7)30-15-18-33-35(25-30)54-44(52-33)39-13-11-23-58(39)46(61)42(28(3)4)56-48(63)65-9/h14-18,21,24-28,36-39,41-42H,10-13,19-20,22-23H2,1-9H3,(H,51,53)(H,52,54)(H,55,62)(H,56,63)/t36-,37-,38+,39?,41+,42+/m1/s1. The van der Waals surface area contributed by atoms with Gasteiger partial charge in [0.05, 0.1) is 72.3 Å². The first-order chi connectivity index (χ1) is 31.1. The number of imidazole rings is 2. The van der Waals surface area contributed by atoms with E-state index in [-0.39, 0.29) is 53.2 Å². The number of carbonyl (C=O) groups is 4. The van der Waals surface area contributed by atoms with Gasteiger partial charge in [0.15, 0.2) is 0 Å². The zero-order valence-corrected chi connectivity index (χ0v) is 39.1. The quantitative estimate of drug-likeness (QED) is 0.100. The molecule has 4 N–H and O–H groups in total. The summed E-state index contributed by atoms with van der Waals surface area (Å²) in [6, 6.07) is 15.3. The molecular weight excluding hydrogens is 825 g/mol. The molecule has 8 rings (SSSR count). The van der Waals surface area contributed by atoms with Crippen molar-refractivity contribution in [1.82, 2.24) is 45.4 Å². The lowest BCUT2D eigenvalue weighted by Crippen LogP contribution is -2.51. The van der Waals surface area contributed by atoms with Gasteiger partial charge in [-0.05, 0) is 97.9 Å². The van der Waals surface area contributed by atoms with E-state index in [1.165, 1.54) is 14.2 Å². The number of H-pyrrole nitrogens is 2. The van der Waals surface area contributed by atoms with Crippen LogP contribution in [0.5, 0.6) is 0 Å². The maximum atomic E-state index is 13.9. The average molecular weight is 889 g/mol. The smallest absolute Gasteiger partial charge is 0.407 e. The lowest BCUT2D eigenvalue weighted by Gasteiger charge is -2.33. The van der Waals surface area contributed by atoms with Gasteiger partial charge in [-0.3, -0.25) is 14.6 Å². The second kappa shape index (κ2) is 18.4. The number of likely N-dealkylation sites (tertiary alicyclic amines) is 2. The number of hydrogen-bond donors (Lipinski definition) is 4. The maximum absolute atomic E-state index is 13.9. The van der Waals surface area contributed by atoms with Crippen molar-refractivity contribution in [2.45, 2.75) is 129 Å². The highest BCUT2D eigenvalue weighted by atomic mass is 16.5. The Morgan fingerprint density at radius 3 is 1.51 bits per heavy atom. The highest BCUT2D eigenvalue weighted by molar-refractivity contribution is 5.87. The molecule has 16 nitrogen and oxygen atoms in total. The summed E-state index contributed by atoms with van der Waals surface area (Å²) in [5.74, 6) is 0.943. The molecule has 3 aromatic heterocycles. The van der Waals surface area contributed by atoms with E-state index in [4.69, 9.17) is 24.4 Å². The van der Waals surface area contributed by atoms with Gasteiger partial charge < -0.3 is 44.8 Å². The summed E-state index contributed by atoms with van der Waals surface area (Å²) in [6.45, 7) is 15.3. The Kier molecular flexibility index (Phi) is 12.8. The molecule has 65 heavy (non-hydrogen) atoms. The minimum atomic E-state index is -0.711. The number of nitrogens with zero attached hydrogens (tertiary/aromatic N) is 6. The van der Waals surface area contributed by atoms with Crippen molar-refractivity contribution < 1.29 is 28.7 Å². The molecule has 0 saturated carbocycles. The van der Waals surface area contributed by atoms with Crippen molar-refractivity contribution in [3.8, 4) is 0 Å². The van der Waals surface area contributed by atoms with Crippen molar-refractivity contribution in [2.75, 3.05) is 32.2 Å². The molecule has 4 amide bonds. The molecule has 3 saturated heterocycles. The lowest BCUT2D eigenvalue weighted by atomic mass is 9.91. The Labute approximate surface area is 380 Å². The monoisotopic (exact) mass is 889 g/mol. The van der Waals surface area contributed by atoms with Gasteiger partial charge in [0, 0.05) is 24.2 Å². The summed E-state index contributed by atoms with van der Waals surface area (Å²) >= 11 is 0. The van der Waals surface area contributed by atoms with E-state index in [1.54, 1.807) is 0 Å². The van der Waals surface area contributed by atoms with Crippen LogP contribution in [0, 0.1) is 11.8 Å². The third kappa shape index (κ3) is 9.08. The number of carbonyl (C=O) groups excluding carboxylic acids is 4. The summed E-state index contributed by atoms with van der Waals surface area (Å²) in [6.07, 6.45) is 5.75. The Hall–Kier alpha value is -6.19. The molecule has 5 aromatic rings. The van der Waals surface area contributed by atoms with E-state index in [0.29, 0.717) is 13.1 Å². The van der Waals surface area contributed by atoms with Crippen LogP contribution in [0.3, 0.4) is 0 Å². The number of aromatic nitrogens is 5. The number of ether oxygens (including phenoxy) is 2. The molecule has 3 fully saturated rings. The number of fused-ring (bicyclic) bond motifs is 2. The van der Waals surface area contributed by atoms with Crippen LogP contribution in [0.15, 0.2) is 54.7 Å². The Balaban J connectivity index is 1.09. The molecule has 0 spiro atoms. The van der Waals surface area contributed by atoms with Crippen LogP contribution in [-0.4, -0.2) is 98.1 Å². The van der Waals surface area contributed by atoms with Crippen LogP contribution < -0.4 is 15.5 Å². The Morgan fingerprint density at radius 2 is 1.12 bits per heavy atom. The molecule has 6 atom stereocenters. The Bertz CT molecular complexity index is 2400. The van der Waals surface area contributed by atoms with Gasteiger partial charge >= 0.3 is 12.2 Å². The van der Waals surface area contributed by atoms with Crippen molar-refractivity contribution in [3.63, 3.8) is 0 Å². The van der Waals surface area contributed by atoms with Gasteiger partial charge in [-0.1, -0.05) is 60.6 Å². The van der Waals surface area contributed by atoms with Gasteiger partial charge in [0.2, 0.25) is 11.8 Å². The van der Waals surface area contributed by atoms with Gasteiger partial charge in [0.1, 0.15) is 23.7 Å². The number of anilines is 1. The van der Waals surface area contributed by atoms with Crippen LogP contribution in [0.4, 0.5) is 15.3 Å². The fourth-order valence-corrected chi connectivity index (χ4v) is 10.0. The third-order valence-corrected chi connectivity index (χ3v) is 13.5. The fourth-order valence-electron chi connectivity index (χ4n) is 10.0. The molecule has 2 aromatic carbocycles. The zero-order valence-electron chi connectivity index (χ0n) is 39.1. The maximum Gasteiger partial charge on any atom is 0.407 e. The summed E-state index contributed by atoms with van der Waals surface area (Å²) in [5, 5.41) is 5.48. The van der Waals surface area contributed by atoms with Crippen LogP contribution in [0.2, 0.25) is 0 Å². The molecule has 3 aliphatic heterocycles. The zero-order chi connectivity index (χ0) is 46.3. The number of nitrogens with one attached hydrogen (secondary N) is 4. The SMILES string of the molecule is COC(=O)N[C@H](C(=O)N1CCCC1c1nc2ccc([C@H]3CC[C@H](c4ccc5nc([C@@H]6CCCN6C(=O)[C@@H](NC(=O)OC)C(C)C)[nH]c5c4)N3c3ccc(C(C)(C)C)nc3)cc2[nH]1)C(C)C. The number of alkyl carbamates (subject to hydrolysis) is 2. The summed E-state index contributed by atoms with van der Waals surface area (Å²) < 4.78 is 9.66. The molecule has 3 aliphatic rings. The molecule has 0 bridgehead atoms. The molecular formula is C49H64N10O6. The summed E-state index contributed by atoms with van der Waals surface area (Å²) in [4.78, 5) is 80.5. The summed E-state index contributed by atoms with van der Waals surface area (Å²) in [5.41, 5.74) is 7.71. The highest BCUT2D eigenvalue weighted by Gasteiger charge is 2.41. The first-order valence-corrected chi connectivity index (χ1v) is 23.1. The second-order valence-electron chi connectivity index (χ2n) is 19.6. The van der Waals surface area contributed by atoms with E-state index in [1.807, 2.05) is 43.7 Å².